The van der Waals surface area contributed by atoms with Crippen molar-refractivity contribution < 1.29 is 46.2 Å². The SMILES string of the molecule is Nc1nc2c(ncn2[C@@H]2O[C@@H]3CO[PH](=O)O[C@@H]4[C@H](O)[C@@H](CO[PH](=O)O[C@H]3[C@H]2F)O[C@H]4n2cnc3c(N)ncnc32)c(=O)[nH]1. The number of nitrogens with two attached hydrogens (primary N) is 2. The van der Waals surface area contributed by atoms with Crippen LogP contribution in [0.25, 0.3) is 22.3 Å². The summed E-state index contributed by atoms with van der Waals surface area (Å²) in [7, 11) is -6.84. The minimum Gasteiger partial charge on any atom is -0.387 e. The molecule has 3 aliphatic rings. The Kier molecular flexibility index (Phi) is 7.23. The molecule has 0 spiro atoms. The van der Waals surface area contributed by atoms with Crippen molar-refractivity contribution in [2.24, 2.45) is 0 Å². The number of aliphatic hydroxyl groups excluding tert-OH is 1. The number of nitrogens with zero attached hydrogens (tertiary/aromatic N) is 7. The van der Waals surface area contributed by atoms with Gasteiger partial charge in [0, 0.05) is 0 Å². The van der Waals surface area contributed by atoms with Crippen molar-refractivity contribution in [3.05, 3.63) is 29.3 Å². The maximum absolute atomic E-state index is 15.8. The maximum Gasteiger partial charge on any atom is 0.319 e. The number of imidazole rings is 2. The zero-order chi connectivity index (χ0) is 30.0. The van der Waals surface area contributed by atoms with Crippen LogP contribution in [0.15, 0.2) is 23.8 Å². The smallest absolute Gasteiger partial charge is 0.319 e. The topological polar surface area (TPSA) is 269 Å². The van der Waals surface area contributed by atoms with Gasteiger partial charge in [-0.15, -0.1) is 0 Å². The maximum atomic E-state index is 15.8. The van der Waals surface area contributed by atoms with E-state index in [-0.39, 0.29) is 34.1 Å². The molecule has 23 heteroatoms. The summed E-state index contributed by atoms with van der Waals surface area (Å²) in [6.07, 6.45) is -7.68. The minimum absolute atomic E-state index is 0.0720. The summed E-state index contributed by atoms with van der Waals surface area (Å²) in [5.74, 6) is -0.138. The molecule has 2 unspecified atom stereocenters. The fourth-order valence-electron chi connectivity index (χ4n) is 5.18. The Bertz CT molecular complexity index is 1800. The molecule has 4 aromatic rings. The normalized spacial score (nSPS) is 35.4. The first-order valence-electron chi connectivity index (χ1n) is 12.6. The zero-order valence-corrected chi connectivity index (χ0v) is 23.5. The van der Waals surface area contributed by atoms with E-state index >= 15 is 4.39 Å². The lowest BCUT2D eigenvalue weighted by molar-refractivity contribution is -0.0558. The van der Waals surface area contributed by atoms with Crippen molar-refractivity contribution in [2.75, 3.05) is 24.7 Å². The van der Waals surface area contributed by atoms with Crippen molar-refractivity contribution in [3.63, 3.8) is 0 Å². The molecule has 3 fully saturated rings. The minimum atomic E-state index is -3.43. The van der Waals surface area contributed by atoms with Crippen LogP contribution in [0.3, 0.4) is 0 Å². The van der Waals surface area contributed by atoms with Crippen LogP contribution < -0.4 is 17.0 Å². The number of aromatic amines is 1. The highest BCUT2D eigenvalue weighted by Crippen LogP contribution is 2.45. The standard InChI is InChI=1S/C20H23FN10O10P2/c21-8-12-7(39-18(8)31-5-27-10-16(31)28-20(23)29-17(10)33)2-37-43(35)41-13-11(32)6(1-36-42(34)40-12)38-19(13)30-4-26-9-14(22)24-3-25-15(9)30/h3-8,11-13,18-19,32,42-43H,1-2H2,(H2,22,24,25)(H3,23,28,29,33)/t6-,7-,8-,11-,12-,13-,18-,19-/m1/s1. The molecule has 7 heterocycles. The van der Waals surface area contributed by atoms with E-state index in [1.807, 2.05) is 0 Å². The van der Waals surface area contributed by atoms with Gasteiger partial charge in [0.2, 0.25) is 5.95 Å². The molecule has 0 saturated carbocycles. The molecule has 0 radical (unpaired) electrons. The van der Waals surface area contributed by atoms with E-state index in [9.17, 15) is 19.0 Å². The molecule has 3 saturated heterocycles. The van der Waals surface area contributed by atoms with Gasteiger partial charge >= 0.3 is 16.5 Å². The Morgan fingerprint density at radius 1 is 0.907 bits per heavy atom. The van der Waals surface area contributed by atoms with Crippen LogP contribution in [0.1, 0.15) is 12.5 Å². The van der Waals surface area contributed by atoms with Crippen LogP contribution in [0.2, 0.25) is 0 Å². The highest BCUT2D eigenvalue weighted by atomic mass is 31.1. The van der Waals surface area contributed by atoms with Gasteiger partial charge < -0.3 is 39.6 Å². The van der Waals surface area contributed by atoms with E-state index in [4.69, 9.17) is 39.0 Å². The highest BCUT2D eigenvalue weighted by Gasteiger charge is 2.51. The molecule has 43 heavy (non-hydrogen) atoms. The first-order valence-corrected chi connectivity index (χ1v) is 15.1. The lowest BCUT2D eigenvalue weighted by Gasteiger charge is -2.22. The van der Waals surface area contributed by atoms with E-state index in [0.29, 0.717) is 0 Å². The van der Waals surface area contributed by atoms with E-state index < -0.39 is 84.4 Å². The predicted octanol–water partition coefficient (Wildman–Crippen LogP) is -0.786. The Balaban J connectivity index is 1.16. The average Bonchev–Trinajstić information content (AvgIpc) is 3.72. The second-order valence-electron chi connectivity index (χ2n) is 9.71. The van der Waals surface area contributed by atoms with Gasteiger partial charge in [0.15, 0.2) is 41.3 Å². The van der Waals surface area contributed by atoms with Crippen molar-refractivity contribution in [3.8, 4) is 0 Å². The molecule has 2 bridgehead atoms. The zero-order valence-electron chi connectivity index (χ0n) is 21.5. The number of ether oxygens (including phenoxy) is 2. The van der Waals surface area contributed by atoms with Gasteiger partial charge in [0.25, 0.3) is 5.56 Å². The van der Waals surface area contributed by atoms with Gasteiger partial charge in [-0.25, -0.2) is 24.3 Å². The molecule has 230 valence electrons. The number of fused-ring (bicyclic) bond motifs is 5. The number of alkyl halides is 1. The van der Waals surface area contributed by atoms with Crippen molar-refractivity contribution in [1.82, 2.24) is 39.0 Å². The number of hydrogen-bond acceptors (Lipinski definition) is 17. The Labute approximate surface area is 239 Å². The third-order valence-corrected chi connectivity index (χ3v) is 8.90. The summed E-state index contributed by atoms with van der Waals surface area (Å²) in [6, 6.07) is 0. The Morgan fingerprint density at radius 2 is 1.56 bits per heavy atom. The first-order chi connectivity index (χ1) is 20.7. The van der Waals surface area contributed by atoms with Gasteiger partial charge in [0.1, 0.15) is 42.4 Å². The van der Waals surface area contributed by atoms with Gasteiger partial charge in [-0.05, 0) is 0 Å². The van der Waals surface area contributed by atoms with E-state index in [1.165, 1.54) is 17.2 Å². The molecular formula is C20H23FN10O10P2. The molecule has 4 aromatic heterocycles. The molecule has 3 aliphatic heterocycles. The number of hydrogen-bond donors (Lipinski definition) is 4. The summed E-state index contributed by atoms with van der Waals surface area (Å²) in [4.78, 5) is 34.6. The molecule has 6 N–H and O–H groups in total. The molecule has 10 atom stereocenters. The first kappa shape index (κ1) is 28.4. The third kappa shape index (κ3) is 4.91. The highest BCUT2D eigenvalue weighted by molar-refractivity contribution is 7.33. The monoisotopic (exact) mass is 644 g/mol. The number of aromatic nitrogens is 8. The van der Waals surface area contributed by atoms with E-state index in [2.05, 4.69) is 29.9 Å². The number of aliphatic hydroxyl groups is 1. The number of halogens is 1. The molecule has 7 rings (SSSR count). The second kappa shape index (κ2) is 11.0. The van der Waals surface area contributed by atoms with Crippen molar-refractivity contribution in [1.29, 1.82) is 0 Å². The summed E-state index contributed by atoms with van der Waals surface area (Å²) in [5.41, 5.74) is 11.2. The summed E-state index contributed by atoms with van der Waals surface area (Å²) in [6.45, 7) is -1.02. The summed E-state index contributed by atoms with van der Waals surface area (Å²) < 4.78 is 77.6. The molecule has 0 amide bonds. The second-order valence-corrected chi connectivity index (χ2v) is 11.8. The van der Waals surface area contributed by atoms with E-state index in [0.717, 1.165) is 10.9 Å². The fourth-order valence-corrected chi connectivity index (χ4v) is 6.89. The number of rotatable bonds is 2. The number of anilines is 2. The number of H-pyrrole nitrogens is 1. The summed E-state index contributed by atoms with van der Waals surface area (Å²) >= 11 is 0. The Morgan fingerprint density at radius 3 is 2.33 bits per heavy atom. The quantitative estimate of drug-likeness (QED) is 0.195. The van der Waals surface area contributed by atoms with Crippen LogP contribution in [-0.4, -0.2) is 94.0 Å². The van der Waals surface area contributed by atoms with Crippen LogP contribution in [0, 0.1) is 0 Å². The van der Waals surface area contributed by atoms with E-state index in [1.54, 1.807) is 0 Å². The van der Waals surface area contributed by atoms with Crippen molar-refractivity contribution in [2.45, 2.75) is 49.1 Å². The van der Waals surface area contributed by atoms with Crippen molar-refractivity contribution >= 4 is 50.6 Å². The Hall–Kier alpha value is -3.39. The lowest BCUT2D eigenvalue weighted by atomic mass is 10.1. The number of nitrogen functional groups attached to an aromatic ring is 2. The van der Waals surface area contributed by atoms with Crippen LogP contribution in [-0.2, 0) is 36.7 Å². The summed E-state index contributed by atoms with van der Waals surface area (Å²) in [5, 5.41) is 11.0. The van der Waals surface area contributed by atoms with Gasteiger partial charge in [0.05, 0.1) is 25.9 Å². The van der Waals surface area contributed by atoms with Crippen LogP contribution in [0.4, 0.5) is 16.2 Å². The molecule has 20 nitrogen and oxygen atoms in total. The third-order valence-electron chi connectivity index (χ3n) is 7.16. The van der Waals surface area contributed by atoms with Gasteiger partial charge in [-0.3, -0.25) is 32.6 Å². The lowest BCUT2D eigenvalue weighted by Crippen LogP contribution is -2.34. The molecular weight excluding hydrogens is 621 g/mol. The molecule has 0 aliphatic carbocycles. The predicted molar refractivity (Wildman–Crippen MR) is 141 cm³/mol. The molecule has 0 aromatic carbocycles. The van der Waals surface area contributed by atoms with Gasteiger partial charge in [-0.2, -0.15) is 4.98 Å². The fraction of sp³-hybridized carbons (Fsp3) is 0.500. The number of nitrogens with one attached hydrogen (secondary N) is 1. The largest absolute Gasteiger partial charge is 0.387 e. The van der Waals surface area contributed by atoms with Crippen LogP contribution >= 0.6 is 16.5 Å². The van der Waals surface area contributed by atoms with Gasteiger partial charge in [-0.1, -0.05) is 0 Å². The average molecular weight is 644 g/mol. The van der Waals surface area contributed by atoms with Crippen LogP contribution in [0.5, 0.6) is 0 Å².